The molecule has 0 radical (unpaired) electrons. The second-order valence-electron chi connectivity index (χ2n) is 7.56. The molecule has 158 valence electrons. The summed E-state index contributed by atoms with van der Waals surface area (Å²) in [4.78, 5) is 15.5. The predicted octanol–water partition coefficient (Wildman–Crippen LogP) is 4.42. The van der Waals surface area contributed by atoms with Crippen molar-refractivity contribution in [2.75, 3.05) is 7.11 Å². The molecule has 0 saturated heterocycles. The number of ether oxygens (including phenoxy) is 1. The van der Waals surface area contributed by atoms with Gasteiger partial charge in [-0.05, 0) is 36.1 Å². The molecule has 1 aliphatic rings. The van der Waals surface area contributed by atoms with Crippen LogP contribution >= 0.6 is 0 Å². The third-order valence-electron chi connectivity index (χ3n) is 5.50. The van der Waals surface area contributed by atoms with E-state index in [9.17, 15) is 4.79 Å². The van der Waals surface area contributed by atoms with Gasteiger partial charge in [0.2, 0.25) is 0 Å². The lowest BCUT2D eigenvalue weighted by molar-refractivity contribution is 0.0597. The minimum absolute atomic E-state index is 0.0342. The highest BCUT2D eigenvalue weighted by Gasteiger charge is 2.33. The van der Waals surface area contributed by atoms with Gasteiger partial charge < -0.3 is 9.64 Å². The van der Waals surface area contributed by atoms with Crippen LogP contribution in [0, 0.1) is 0 Å². The van der Waals surface area contributed by atoms with Gasteiger partial charge in [0.05, 0.1) is 25.9 Å². The first-order valence-corrected chi connectivity index (χ1v) is 10.4. The molecule has 0 bridgehead atoms. The molecular weight excluding hydrogens is 388 g/mol. The molecule has 6 nitrogen and oxygen atoms in total. The summed E-state index contributed by atoms with van der Waals surface area (Å²) in [7, 11) is 1.64. The predicted molar refractivity (Wildman–Crippen MR) is 120 cm³/mol. The lowest BCUT2D eigenvalue weighted by Gasteiger charge is -2.39. The Bertz CT molecular complexity index is 1060. The standard InChI is InChI=1S/C25H26N4O2/c1-3-8-21-11-7-12-24(20-9-5-4-6-10-20)29(21)25(30)23-18-28(27-26-23)17-19-13-15-22(31-2)16-14-19/h3-7,9-10,12-16,18,21,24H,1,8,11,17H2,2H3/t21-,24+/m1/s1. The molecule has 0 saturated carbocycles. The van der Waals surface area contributed by atoms with Crippen molar-refractivity contribution in [2.24, 2.45) is 0 Å². The SMILES string of the molecule is C=CC[C@@H]1CC=C[C@@H](c2ccccc2)N1C(=O)c1cn(Cc2ccc(OC)cc2)nn1. The number of benzene rings is 2. The Morgan fingerprint density at radius 1 is 1.19 bits per heavy atom. The number of carbonyl (C=O) groups excluding carboxylic acids is 1. The first kappa shape index (κ1) is 20.6. The number of hydrogen-bond donors (Lipinski definition) is 0. The quantitative estimate of drug-likeness (QED) is 0.537. The van der Waals surface area contributed by atoms with Crippen LogP contribution in [-0.4, -0.2) is 39.0 Å². The largest absolute Gasteiger partial charge is 0.497 e. The van der Waals surface area contributed by atoms with Gasteiger partial charge in [0.15, 0.2) is 5.69 Å². The molecule has 0 spiro atoms. The van der Waals surface area contributed by atoms with E-state index in [0.717, 1.165) is 29.7 Å². The van der Waals surface area contributed by atoms with Gasteiger partial charge in [-0.15, -0.1) is 11.7 Å². The van der Waals surface area contributed by atoms with E-state index in [4.69, 9.17) is 4.74 Å². The monoisotopic (exact) mass is 414 g/mol. The molecule has 0 unspecified atom stereocenters. The number of methoxy groups -OCH3 is 1. The normalized spacial score (nSPS) is 18.0. The highest BCUT2D eigenvalue weighted by Crippen LogP contribution is 2.32. The molecule has 3 aromatic rings. The van der Waals surface area contributed by atoms with Gasteiger partial charge in [0, 0.05) is 6.04 Å². The minimum atomic E-state index is -0.140. The van der Waals surface area contributed by atoms with E-state index in [1.54, 1.807) is 18.0 Å². The van der Waals surface area contributed by atoms with Crippen molar-refractivity contribution in [3.05, 3.63) is 102 Å². The molecule has 6 heteroatoms. The molecule has 0 N–H and O–H groups in total. The van der Waals surface area contributed by atoms with Crippen molar-refractivity contribution >= 4 is 5.91 Å². The van der Waals surface area contributed by atoms with Crippen LogP contribution in [0.5, 0.6) is 5.75 Å². The summed E-state index contributed by atoms with van der Waals surface area (Å²) in [6, 6.07) is 17.7. The van der Waals surface area contributed by atoms with Crippen LogP contribution in [0.3, 0.4) is 0 Å². The van der Waals surface area contributed by atoms with E-state index in [1.165, 1.54) is 0 Å². The van der Waals surface area contributed by atoms with E-state index in [0.29, 0.717) is 12.2 Å². The van der Waals surface area contributed by atoms with Crippen molar-refractivity contribution in [1.82, 2.24) is 19.9 Å². The van der Waals surface area contributed by atoms with E-state index >= 15 is 0 Å². The Kier molecular flexibility index (Phi) is 6.26. The van der Waals surface area contributed by atoms with E-state index in [2.05, 4.69) is 29.0 Å². The molecule has 0 fully saturated rings. The van der Waals surface area contributed by atoms with Crippen molar-refractivity contribution in [3.63, 3.8) is 0 Å². The fourth-order valence-corrected chi connectivity index (χ4v) is 3.94. The molecule has 1 aliphatic heterocycles. The van der Waals surface area contributed by atoms with Gasteiger partial charge in [0.25, 0.3) is 5.91 Å². The maximum atomic E-state index is 13.5. The Hall–Kier alpha value is -3.67. The fourth-order valence-electron chi connectivity index (χ4n) is 3.94. The summed E-state index contributed by atoms with van der Waals surface area (Å²) in [5.41, 5.74) is 2.47. The van der Waals surface area contributed by atoms with Gasteiger partial charge >= 0.3 is 0 Å². The zero-order valence-electron chi connectivity index (χ0n) is 17.6. The lowest BCUT2D eigenvalue weighted by Crippen LogP contribution is -2.44. The number of carbonyl (C=O) groups is 1. The van der Waals surface area contributed by atoms with E-state index in [1.807, 2.05) is 65.6 Å². The van der Waals surface area contributed by atoms with E-state index < -0.39 is 0 Å². The van der Waals surface area contributed by atoms with Crippen LogP contribution in [0.25, 0.3) is 0 Å². The summed E-state index contributed by atoms with van der Waals surface area (Å²) in [5, 5.41) is 8.38. The van der Waals surface area contributed by atoms with Crippen LogP contribution in [0.4, 0.5) is 0 Å². The average Bonchev–Trinajstić information content (AvgIpc) is 3.28. The molecule has 1 aromatic heterocycles. The third kappa shape index (κ3) is 4.58. The first-order chi connectivity index (χ1) is 15.2. The zero-order chi connectivity index (χ0) is 21.6. The molecule has 0 aliphatic carbocycles. The summed E-state index contributed by atoms with van der Waals surface area (Å²) >= 11 is 0. The van der Waals surface area contributed by atoms with Gasteiger partial charge in [-0.2, -0.15) is 0 Å². The maximum Gasteiger partial charge on any atom is 0.277 e. The van der Waals surface area contributed by atoms with Crippen LogP contribution in [-0.2, 0) is 6.54 Å². The summed E-state index contributed by atoms with van der Waals surface area (Å²) in [6.45, 7) is 4.41. The van der Waals surface area contributed by atoms with Crippen LogP contribution in [0.2, 0.25) is 0 Å². The average molecular weight is 415 g/mol. The molecule has 2 heterocycles. The number of rotatable bonds is 7. The fraction of sp³-hybridized carbons (Fsp3) is 0.240. The number of hydrogen-bond acceptors (Lipinski definition) is 4. The van der Waals surface area contributed by atoms with Crippen LogP contribution in [0.1, 0.15) is 40.5 Å². The van der Waals surface area contributed by atoms with Gasteiger partial charge in [-0.3, -0.25) is 4.79 Å². The molecule has 2 atom stereocenters. The first-order valence-electron chi connectivity index (χ1n) is 10.4. The summed E-state index contributed by atoms with van der Waals surface area (Å²) in [5.74, 6) is 0.683. The Morgan fingerprint density at radius 2 is 1.97 bits per heavy atom. The molecule has 1 amide bonds. The number of amides is 1. The molecule has 31 heavy (non-hydrogen) atoms. The second-order valence-corrected chi connectivity index (χ2v) is 7.56. The Balaban J connectivity index is 1.58. The van der Waals surface area contributed by atoms with Gasteiger partial charge in [-0.1, -0.05) is 65.9 Å². The third-order valence-corrected chi connectivity index (χ3v) is 5.50. The van der Waals surface area contributed by atoms with Gasteiger partial charge in [0.1, 0.15) is 5.75 Å². The highest BCUT2D eigenvalue weighted by molar-refractivity contribution is 5.92. The van der Waals surface area contributed by atoms with Gasteiger partial charge in [-0.25, -0.2) is 4.68 Å². The number of aromatic nitrogens is 3. The van der Waals surface area contributed by atoms with E-state index in [-0.39, 0.29) is 18.0 Å². The molecular formula is C25H26N4O2. The summed E-state index contributed by atoms with van der Waals surface area (Å²) in [6.07, 6.45) is 9.34. The minimum Gasteiger partial charge on any atom is -0.497 e. The number of nitrogens with zero attached hydrogens (tertiary/aromatic N) is 4. The lowest BCUT2D eigenvalue weighted by atomic mass is 9.94. The summed E-state index contributed by atoms with van der Waals surface area (Å²) < 4.78 is 6.89. The maximum absolute atomic E-state index is 13.5. The molecule has 2 aromatic carbocycles. The van der Waals surface area contributed by atoms with Crippen molar-refractivity contribution in [1.29, 1.82) is 0 Å². The van der Waals surface area contributed by atoms with Crippen LogP contribution in [0.15, 0.2) is 85.6 Å². The topological polar surface area (TPSA) is 60.2 Å². The van der Waals surface area contributed by atoms with Crippen LogP contribution < -0.4 is 4.74 Å². The zero-order valence-corrected chi connectivity index (χ0v) is 17.6. The molecule has 4 rings (SSSR count). The highest BCUT2D eigenvalue weighted by atomic mass is 16.5. The Morgan fingerprint density at radius 3 is 2.68 bits per heavy atom. The van der Waals surface area contributed by atoms with Crippen molar-refractivity contribution < 1.29 is 9.53 Å². The smallest absolute Gasteiger partial charge is 0.277 e. The second kappa shape index (κ2) is 9.43. The van der Waals surface area contributed by atoms with Crippen molar-refractivity contribution in [3.8, 4) is 5.75 Å². The van der Waals surface area contributed by atoms with Crippen molar-refractivity contribution in [2.45, 2.75) is 31.5 Å². The Labute approximate surface area is 182 Å².